The van der Waals surface area contributed by atoms with E-state index in [1.165, 1.54) is 23.5 Å². The van der Waals surface area contributed by atoms with Gasteiger partial charge in [-0.25, -0.2) is 4.79 Å². The molecule has 0 unspecified atom stereocenters. The van der Waals surface area contributed by atoms with Crippen LogP contribution in [0.1, 0.15) is 45.2 Å². The number of amides is 1. The minimum atomic E-state index is -0.471. The van der Waals surface area contributed by atoms with E-state index < -0.39 is 5.60 Å². The van der Waals surface area contributed by atoms with Gasteiger partial charge in [0.15, 0.2) is 0 Å². The molecule has 0 aliphatic carbocycles. The van der Waals surface area contributed by atoms with Crippen LogP contribution in [0.15, 0.2) is 24.3 Å². The summed E-state index contributed by atoms with van der Waals surface area (Å²) in [5, 5.41) is 6.29. The summed E-state index contributed by atoms with van der Waals surface area (Å²) in [6.07, 6.45) is 0.799. The van der Waals surface area contributed by atoms with Crippen LogP contribution < -0.4 is 10.6 Å². The van der Waals surface area contributed by atoms with E-state index in [2.05, 4.69) is 23.6 Å². The Balaban J connectivity index is 2.40. The molecule has 0 bridgehead atoms. The average Bonchev–Trinajstić information content (AvgIpc) is 2.48. The molecule has 0 aliphatic rings. The zero-order valence-electron chi connectivity index (χ0n) is 14.8. The fraction of sp³-hybridized carbons (Fsp3) is 0.611. The van der Waals surface area contributed by atoms with Gasteiger partial charge in [0.05, 0.1) is 0 Å². The summed E-state index contributed by atoms with van der Waals surface area (Å²) >= 11 is 1.97. The van der Waals surface area contributed by atoms with E-state index >= 15 is 0 Å². The second-order valence-electron chi connectivity index (χ2n) is 6.35. The minimum Gasteiger partial charge on any atom is -0.444 e. The van der Waals surface area contributed by atoms with Crippen molar-refractivity contribution in [1.29, 1.82) is 0 Å². The highest BCUT2D eigenvalue weighted by Gasteiger charge is 2.15. The molecule has 0 spiro atoms. The van der Waals surface area contributed by atoms with Gasteiger partial charge in [0.2, 0.25) is 0 Å². The van der Waals surface area contributed by atoms with Crippen molar-refractivity contribution in [3.05, 3.63) is 35.4 Å². The first-order valence-corrected chi connectivity index (χ1v) is 9.40. The van der Waals surface area contributed by atoms with Gasteiger partial charge in [0.25, 0.3) is 0 Å². The number of carbonyl (C=O) groups excluding carboxylic acids is 1. The molecule has 23 heavy (non-hydrogen) atoms. The van der Waals surface area contributed by atoms with Crippen LogP contribution >= 0.6 is 11.8 Å². The van der Waals surface area contributed by atoms with Gasteiger partial charge in [-0.2, -0.15) is 11.8 Å². The van der Waals surface area contributed by atoms with E-state index in [1.54, 1.807) is 0 Å². The third-order valence-corrected chi connectivity index (χ3v) is 4.09. The summed E-state index contributed by atoms with van der Waals surface area (Å²) in [4.78, 5) is 11.8. The topological polar surface area (TPSA) is 50.4 Å². The normalized spacial score (nSPS) is 11.3. The molecule has 5 heteroatoms. The summed E-state index contributed by atoms with van der Waals surface area (Å²) in [5.74, 6) is 2.38. The summed E-state index contributed by atoms with van der Waals surface area (Å²) in [7, 11) is 0. The fourth-order valence-corrected chi connectivity index (χ4v) is 2.69. The highest BCUT2D eigenvalue weighted by molar-refractivity contribution is 7.99. The molecule has 0 aromatic heterocycles. The summed E-state index contributed by atoms with van der Waals surface area (Å²) < 4.78 is 5.27. The maximum Gasteiger partial charge on any atom is 0.407 e. The molecule has 0 radical (unpaired) electrons. The Bertz CT molecular complexity index is 472. The summed E-state index contributed by atoms with van der Waals surface area (Å²) in [6.45, 7) is 10.1. The Morgan fingerprint density at radius 1 is 1.17 bits per heavy atom. The van der Waals surface area contributed by atoms with E-state index in [4.69, 9.17) is 4.74 Å². The molecule has 0 saturated carbocycles. The van der Waals surface area contributed by atoms with E-state index in [9.17, 15) is 4.79 Å². The standard InChI is InChI=1S/C18H30N2O2S/c1-5-23-12-8-11-19-13-15-9-6-7-10-16(15)14-20-17(21)22-18(2,3)4/h6-7,9-10,19H,5,8,11-14H2,1-4H3,(H,20,21). The quantitative estimate of drug-likeness (QED) is 0.670. The van der Waals surface area contributed by atoms with Crippen LogP contribution in [0.2, 0.25) is 0 Å². The van der Waals surface area contributed by atoms with Crippen LogP contribution in [-0.2, 0) is 17.8 Å². The lowest BCUT2D eigenvalue weighted by molar-refractivity contribution is 0.0523. The number of carbonyl (C=O) groups is 1. The summed E-state index contributed by atoms with van der Waals surface area (Å²) in [5.41, 5.74) is 1.86. The van der Waals surface area contributed by atoms with Crippen molar-refractivity contribution in [3.8, 4) is 0 Å². The average molecular weight is 339 g/mol. The van der Waals surface area contributed by atoms with Gasteiger partial charge in [-0.15, -0.1) is 0 Å². The lowest BCUT2D eigenvalue weighted by atomic mass is 10.1. The Morgan fingerprint density at radius 3 is 2.43 bits per heavy atom. The molecule has 1 aromatic carbocycles. The van der Waals surface area contributed by atoms with Crippen LogP contribution in [0.4, 0.5) is 4.79 Å². The Labute approximate surface area is 144 Å². The lowest BCUT2D eigenvalue weighted by Crippen LogP contribution is -2.32. The molecule has 4 nitrogen and oxygen atoms in total. The van der Waals surface area contributed by atoms with Gasteiger partial charge in [-0.1, -0.05) is 31.2 Å². The van der Waals surface area contributed by atoms with Crippen LogP contribution in [0.3, 0.4) is 0 Å². The highest BCUT2D eigenvalue weighted by Crippen LogP contribution is 2.10. The highest BCUT2D eigenvalue weighted by atomic mass is 32.2. The van der Waals surface area contributed by atoms with Crippen LogP contribution in [0.25, 0.3) is 0 Å². The second-order valence-corrected chi connectivity index (χ2v) is 7.75. The number of hydrogen-bond donors (Lipinski definition) is 2. The molecule has 2 N–H and O–H groups in total. The van der Waals surface area contributed by atoms with Crippen molar-refractivity contribution in [3.63, 3.8) is 0 Å². The van der Waals surface area contributed by atoms with E-state index in [0.717, 1.165) is 18.7 Å². The predicted octanol–water partition coefficient (Wildman–Crippen LogP) is 3.94. The molecule has 130 valence electrons. The molecule has 1 aromatic rings. The minimum absolute atomic E-state index is 0.378. The third kappa shape index (κ3) is 9.51. The van der Waals surface area contributed by atoms with Gasteiger partial charge >= 0.3 is 6.09 Å². The van der Waals surface area contributed by atoms with Crippen molar-refractivity contribution < 1.29 is 9.53 Å². The van der Waals surface area contributed by atoms with Crippen molar-refractivity contribution >= 4 is 17.9 Å². The number of ether oxygens (including phenoxy) is 1. The smallest absolute Gasteiger partial charge is 0.407 e. The Hall–Kier alpha value is -1.20. The molecule has 0 fully saturated rings. The zero-order valence-corrected chi connectivity index (χ0v) is 15.6. The molecule has 0 atom stereocenters. The van der Waals surface area contributed by atoms with Gasteiger partial charge in [0, 0.05) is 13.1 Å². The maximum atomic E-state index is 11.8. The molecule has 1 rings (SSSR count). The SMILES string of the molecule is CCSCCCNCc1ccccc1CNC(=O)OC(C)(C)C. The molecule has 0 aliphatic heterocycles. The number of thioether (sulfide) groups is 1. The Kier molecular flexibility index (Phi) is 9.10. The molecule has 0 saturated heterocycles. The third-order valence-electron chi connectivity index (χ3n) is 3.10. The maximum absolute atomic E-state index is 11.8. The largest absolute Gasteiger partial charge is 0.444 e. The zero-order chi connectivity index (χ0) is 17.1. The number of benzene rings is 1. The molecule has 0 heterocycles. The van der Waals surface area contributed by atoms with Crippen LogP contribution in [0, 0.1) is 0 Å². The monoisotopic (exact) mass is 338 g/mol. The van der Waals surface area contributed by atoms with E-state index in [1.807, 2.05) is 50.7 Å². The molecular weight excluding hydrogens is 308 g/mol. The lowest BCUT2D eigenvalue weighted by Gasteiger charge is -2.20. The second kappa shape index (κ2) is 10.6. The number of nitrogens with one attached hydrogen (secondary N) is 2. The van der Waals surface area contributed by atoms with Crippen LogP contribution in [-0.4, -0.2) is 29.7 Å². The van der Waals surface area contributed by atoms with Crippen molar-refractivity contribution in [2.75, 3.05) is 18.1 Å². The van der Waals surface area contributed by atoms with Crippen molar-refractivity contribution in [1.82, 2.24) is 10.6 Å². The van der Waals surface area contributed by atoms with Crippen molar-refractivity contribution in [2.24, 2.45) is 0 Å². The number of rotatable bonds is 9. The summed E-state index contributed by atoms with van der Waals surface area (Å²) in [6, 6.07) is 8.16. The first kappa shape index (κ1) is 19.8. The van der Waals surface area contributed by atoms with E-state index in [-0.39, 0.29) is 6.09 Å². The van der Waals surface area contributed by atoms with Crippen LogP contribution in [0.5, 0.6) is 0 Å². The predicted molar refractivity (Wildman–Crippen MR) is 98.8 cm³/mol. The first-order chi connectivity index (χ1) is 10.9. The Morgan fingerprint density at radius 2 is 1.83 bits per heavy atom. The first-order valence-electron chi connectivity index (χ1n) is 8.24. The number of alkyl carbamates (subject to hydrolysis) is 1. The van der Waals surface area contributed by atoms with Gasteiger partial charge in [0.1, 0.15) is 5.60 Å². The molecule has 1 amide bonds. The van der Waals surface area contributed by atoms with Gasteiger partial charge in [-0.05, 0) is 56.4 Å². The fourth-order valence-electron chi connectivity index (χ4n) is 2.05. The molecular formula is C18H30N2O2S. The van der Waals surface area contributed by atoms with Gasteiger partial charge < -0.3 is 15.4 Å². The number of hydrogen-bond acceptors (Lipinski definition) is 4. The van der Waals surface area contributed by atoms with Crippen molar-refractivity contribution in [2.45, 2.75) is 52.8 Å². The van der Waals surface area contributed by atoms with E-state index in [0.29, 0.717) is 6.54 Å². The van der Waals surface area contributed by atoms with Gasteiger partial charge in [-0.3, -0.25) is 0 Å².